The first-order chi connectivity index (χ1) is 10.1. The van der Waals surface area contributed by atoms with Crippen LogP contribution in [0.4, 0.5) is 5.69 Å². The topological polar surface area (TPSA) is 56.1 Å². The third kappa shape index (κ3) is 2.61. The molecule has 3 heterocycles. The molecule has 7 heteroatoms. The summed E-state index contributed by atoms with van der Waals surface area (Å²) >= 11 is 6.38. The molecule has 0 radical (unpaired) electrons. The minimum absolute atomic E-state index is 0.0752. The lowest BCUT2D eigenvalue weighted by atomic mass is 10.0. The van der Waals surface area contributed by atoms with E-state index in [0.29, 0.717) is 5.02 Å². The second kappa shape index (κ2) is 5.61. The Kier molecular flexibility index (Phi) is 3.82. The van der Waals surface area contributed by atoms with Crippen LogP contribution in [0.15, 0.2) is 18.5 Å². The molecule has 0 amide bonds. The predicted molar refractivity (Wildman–Crippen MR) is 80.7 cm³/mol. The summed E-state index contributed by atoms with van der Waals surface area (Å²) in [5.74, 6) is 0.188. The molecule has 0 saturated carbocycles. The highest BCUT2D eigenvalue weighted by Gasteiger charge is 2.36. The summed E-state index contributed by atoms with van der Waals surface area (Å²) < 4.78 is 7.35. The van der Waals surface area contributed by atoms with Gasteiger partial charge in [0.1, 0.15) is 0 Å². The van der Waals surface area contributed by atoms with E-state index >= 15 is 0 Å². The Bertz CT molecular complexity index is 644. The van der Waals surface area contributed by atoms with Gasteiger partial charge in [0, 0.05) is 39.6 Å². The van der Waals surface area contributed by atoms with Crippen LogP contribution in [0, 0.1) is 6.92 Å². The zero-order valence-electron chi connectivity index (χ0n) is 12.3. The number of hydrogen-bond acceptors (Lipinski definition) is 5. The zero-order chi connectivity index (χ0) is 15.0. The van der Waals surface area contributed by atoms with Crippen LogP contribution in [0.1, 0.15) is 17.3 Å². The van der Waals surface area contributed by atoms with Crippen LogP contribution >= 0.6 is 11.6 Å². The molecule has 1 aliphatic heterocycles. The van der Waals surface area contributed by atoms with Gasteiger partial charge in [-0.3, -0.25) is 9.67 Å². The first-order valence-electron chi connectivity index (χ1n) is 6.85. The monoisotopic (exact) mass is 307 g/mol. The maximum absolute atomic E-state index is 6.38. The van der Waals surface area contributed by atoms with E-state index in [1.165, 1.54) is 0 Å². The predicted octanol–water partition coefficient (Wildman–Crippen LogP) is 1.79. The van der Waals surface area contributed by atoms with Gasteiger partial charge in [-0.2, -0.15) is 0 Å². The largest absolute Gasteiger partial charge is 0.379 e. The van der Waals surface area contributed by atoms with Crippen LogP contribution < -0.4 is 4.90 Å². The first-order valence-corrected chi connectivity index (χ1v) is 7.23. The van der Waals surface area contributed by atoms with Crippen molar-refractivity contribution < 1.29 is 4.74 Å². The molecule has 0 unspecified atom stereocenters. The van der Waals surface area contributed by atoms with E-state index in [0.717, 1.165) is 30.2 Å². The molecule has 2 aromatic rings. The molecule has 2 atom stereocenters. The van der Waals surface area contributed by atoms with E-state index in [-0.39, 0.29) is 12.0 Å². The number of rotatable bonds is 3. The smallest absolute Gasteiger partial charge is 0.0902 e. The summed E-state index contributed by atoms with van der Waals surface area (Å²) in [4.78, 5) is 6.44. The molecule has 21 heavy (non-hydrogen) atoms. The van der Waals surface area contributed by atoms with Crippen molar-refractivity contribution >= 4 is 17.3 Å². The average Bonchev–Trinajstić information content (AvgIpc) is 3.07. The van der Waals surface area contributed by atoms with Gasteiger partial charge < -0.3 is 9.64 Å². The highest BCUT2D eigenvalue weighted by atomic mass is 35.5. The molecule has 2 aromatic heterocycles. The maximum atomic E-state index is 6.38. The number of methoxy groups -OCH3 is 1. The number of anilines is 1. The minimum atomic E-state index is 0.0752. The summed E-state index contributed by atoms with van der Waals surface area (Å²) in [7, 11) is 3.60. The number of aryl methyl sites for hydroxylation is 2. The normalized spacial score (nSPS) is 22.0. The molecule has 3 rings (SSSR count). The van der Waals surface area contributed by atoms with Crippen molar-refractivity contribution in [3.05, 3.63) is 34.9 Å². The number of ether oxygens (including phenoxy) is 1. The fraction of sp³-hybridized carbons (Fsp3) is 0.500. The number of halogens is 1. The molecule has 1 fully saturated rings. The van der Waals surface area contributed by atoms with Gasteiger partial charge in [-0.25, -0.2) is 0 Å². The van der Waals surface area contributed by atoms with Crippen LogP contribution in [0.5, 0.6) is 0 Å². The van der Waals surface area contributed by atoms with Gasteiger partial charge in [-0.15, -0.1) is 5.10 Å². The lowest BCUT2D eigenvalue weighted by molar-refractivity contribution is 0.105. The van der Waals surface area contributed by atoms with Crippen molar-refractivity contribution in [3.63, 3.8) is 0 Å². The number of pyridine rings is 1. The van der Waals surface area contributed by atoms with Crippen LogP contribution in [-0.2, 0) is 11.8 Å². The van der Waals surface area contributed by atoms with Gasteiger partial charge >= 0.3 is 0 Å². The van der Waals surface area contributed by atoms with Gasteiger partial charge in [0.15, 0.2) is 0 Å². The third-order valence-corrected chi connectivity index (χ3v) is 4.42. The molecule has 0 spiro atoms. The highest BCUT2D eigenvalue weighted by molar-refractivity contribution is 6.33. The van der Waals surface area contributed by atoms with Crippen molar-refractivity contribution in [2.75, 3.05) is 25.1 Å². The van der Waals surface area contributed by atoms with Gasteiger partial charge in [-0.05, 0) is 13.0 Å². The maximum Gasteiger partial charge on any atom is 0.0902 e. The fourth-order valence-corrected chi connectivity index (χ4v) is 3.04. The Morgan fingerprint density at radius 3 is 2.86 bits per heavy atom. The first kappa shape index (κ1) is 14.3. The van der Waals surface area contributed by atoms with E-state index < -0.39 is 0 Å². The van der Waals surface area contributed by atoms with Crippen molar-refractivity contribution in [1.82, 2.24) is 20.0 Å². The molecular formula is C14H18ClN5O. The summed E-state index contributed by atoms with van der Waals surface area (Å²) in [6.45, 7) is 3.50. The zero-order valence-corrected chi connectivity index (χ0v) is 13.1. The molecule has 0 bridgehead atoms. The molecular weight excluding hydrogens is 290 g/mol. The molecule has 0 aromatic carbocycles. The Morgan fingerprint density at radius 1 is 1.38 bits per heavy atom. The molecule has 0 aliphatic carbocycles. The fourth-order valence-electron chi connectivity index (χ4n) is 2.81. The summed E-state index contributed by atoms with van der Waals surface area (Å²) in [6.07, 6.45) is 3.80. The Morgan fingerprint density at radius 2 is 2.19 bits per heavy atom. The lowest BCUT2D eigenvalue weighted by Gasteiger charge is -2.20. The van der Waals surface area contributed by atoms with Crippen molar-refractivity contribution in [2.45, 2.75) is 18.9 Å². The van der Waals surface area contributed by atoms with Crippen LogP contribution in [0.25, 0.3) is 0 Å². The Balaban J connectivity index is 1.89. The average molecular weight is 308 g/mol. The van der Waals surface area contributed by atoms with Gasteiger partial charge in [-0.1, -0.05) is 16.8 Å². The quantitative estimate of drug-likeness (QED) is 0.865. The SMILES string of the molecule is CO[C@@H]1CN(c2ccnc(C)c2Cl)C[C@H]1c1cn(C)nn1. The van der Waals surface area contributed by atoms with Crippen molar-refractivity contribution in [3.8, 4) is 0 Å². The number of nitrogens with zero attached hydrogens (tertiary/aromatic N) is 5. The van der Waals surface area contributed by atoms with E-state index in [4.69, 9.17) is 16.3 Å². The summed E-state index contributed by atoms with van der Waals surface area (Å²) in [5.41, 5.74) is 2.79. The molecule has 6 nitrogen and oxygen atoms in total. The summed E-state index contributed by atoms with van der Waals surface area (Å²) in [6, 6.07) is 1.95. The van der Waals surface area contributed by atoms with E-state index in [2.05, 4.69) is 20.2 Å². The number of aromatic nitrogens is 4. The highest BCUT2D eigenvalue weighted by Crippen LogP contribution is 2.35. The second-order valence-electron chi connectivity index (χ2n) is 5.33. The Labute approximate surface area is 128 Å². The standard InChI is InChI=1S/C14H18ClN5O/c1-9-14(15)12(4-5-16-9)20-6-10(13(8-20)21-3)11-7-19(2)18-17-11/h4-5,7,10,13H,6,8H2,1-3H3/t10-,13+/m0/s1. The van der Waals surface area contributed by atoms with Gasteiger partial charge in [0.2, 0.25) is 0 Å². The minimum Gasteiger partial charge on any atom is -0.379 e. The summed E-state index contributed by atoms with van der Waals surface area (Å²) in [5, 5.41) is 8.94. The molecule has 0 N–H and O–H groups in total. The second-order valence-corrected chi connectivity index (χ2v) is 5.71. The lowest BCUT2D eigenvalue weighted by Crippen LogP contribution is -2.22. The number of hydrogen-bond donors (Lipinski definition) is 0. The van der Waals surface area contributed by atoms with Crippen molar-refractivity contribution in [1.29, 1.82) is 0 Å². The van der Waals surface area contributed by atoms with Crippen LogP contribution in [-0.4, -0.2) is 46.3 Å². The molecule has 1 aliphatic rings. The molecule has 112 valence electrons. The van der Waals surface area contributed by atoms with Crippen LogP contribution in [0.3, 0.4) is 0 Å². The van der Waals surface area contributed by atoms with E-state index in [1.807, 2.05) is 26.2 Å². The van der Waals surface area contributed by atoms with Gasteiger partial charge in [0.25, 0.3) is 0 Å². The van der Waals surface area contributed by atoms with Gasteiger partial charge in [0.05, 0.1) is 34.1 Å². The third-order valence-electron chi connectivity index (χ3n) is 3.95. The van der Waals surface area contributed by atoms with Crippen LogP contribution in [0.2, 0.25) is 5.02 Å². The van der Waals surface area contributed by atoms with E-state index in [9.17, 15) is 0 Å². The molecule has 1 saturated heterocycles. The van der Waals surface area contributed by atoms with Crippen molar-refractivity contribution in [2.24, 2.45) is 7.05 Å². The Hall–Kier alpha value is -1.66. The van der Waals surface area contributed by atoms with E-state index in [1.54, 1.807) is 18.0 Å².